The van der Waals surface area contributed by atoms with Gasteiger partial charge in [-0.2, -0.15) is 0 Å². The number of carbonyl (C=O) groups excluding carboxylic acids is 1. The molecule has 124 valence electrons. The van der Waals surface area contributed by atoms with E-state index >= 15 is 0 Å². The summed E-state index contributed by atoms with van der Waals surface area (Å²) in [6, 6.07) is -0.701. The Kier molecular flexibility index (Phi) is 8.32. The van der Waals surface area contributed by atoms with E-state index in [9.17, 15) is 9.59 Å². The Hall–Kier alpha value is -1.30. The van der Waals surface area contributed by atoms with Crippen LogP contribution in [0, 0.1) is 5.92 Å². The van der Waals surface area contributed by atoms with E-state index in [0.29, 0.717) is 18.9 Å². The quantitative estimate of drug-likeness (QED) is 0.641. The second-order valence-electron chi connectivity index (χ2n) is 6.68. The summed E-state index contributed by atoms with van der Waals surface area (Å²) in [6.45, 7) is 11.7. The predicted molar refractivity (Wildman–Crippen MR) is 82.3 cm³/mol. The topological polar surface area (TPSA) is 87.7 Å². The van der Waals surface area contributed by atoms with E-state index in [1.807, 2.05) is 6.92 Å². The van der Waals surface area contributed by atoms with E-state index in [1.165, 1.54) is 0 Å². The lowest BCUT2D eigenvalue weighted by molar-refractivity contribution is -0.139. The third-order valence-electron chi connectivity index (χ3n) is 2.79. The van der Waals surface area contributed by atoms with Gasteiger partial charge < -0.3 is 15.2 Å². The van der Waals surface area contributed by atoms with Gasteiger partial charge in [0.25, 0.3) is 0 Å². The van der Waals surface area contributed by atoms with Gasteiger partial charge in [0, 0.05) is 12.6 Å². The van der Waals surface area contributed by atoms with Crippen molar-refractivity contribution in [1.29, 1.82) is 0 Å². The van der Waals surface area contributed by atoms with Crippen molar-refractivity contribution in [2.75, 3.05) is 6.54 Å². The van der Waals surface area contributed by atoms with E-state index in [-0.39, 0.29) is 6.04 Å². The van der Waals surface area contributed by atoms with Gasteiger partial charge in [0.15, 0.2) is 0 Å². The highest BCUT2D eigenvalue weighted by Crippen LogP contribution is 2.08. The van der Waals surface area contributed by atoms with Gasteiger partial charge in [0.05, 0.1) is 0 Å². The summed E-state index contributed by atoms with van der Waals surface area (Å²) < 4.78 is 5.18. The highest BCUT2D eigenvalue weighted by atomic mass is 16.6. The van der Waals surface area contributed by atoms with Crippen LogP contribution < -0.4 is 10.6 Å². The van der Waals surface area contributed by atoms with Gasteiger partial charge in [-0.25, -0.2) is 4.79 Å². The Morgan fingerprint density at radius 2 is 1.81 bits per heavy atom. The second-order valence-corrected chi connectivity index (χ2v) is 6.68. The van der Waals surface area contributed by atoms with Crippen LogP contribution >= 0.6 is 0 Å². The summed E-state index contributed by atoms with van der Waals surface area (Å²) in [5, 5.41) is 14.9. The van der Waals surface area contributed by atoms with Gasteiger partial charge in [-0.05, 0) is 39.5 Å². The maximum absolute atomic E-state index is 11.7. The molecule has 0 fully saturated rings. The Morgan fingerprint density at radius 3 is 2.19 bits per heavy atom. The number of carboxylic acids is 1. The molecule has 6 nitrogen and oxygen atoms in total. The number of amides is 1. The van der Waals surface area contributed by atoms with Crippen LogP contribution in [-0.2, 0) is 9.53 Å². The summed E-state index contributed by atoms with van der Waals surface area (Å²) in [5.74, 6) is -0.474. The van der Waals surface area contributed by atoms with Gasteiger partial charge >= 0.3 is 12.1 Å². The van der Waals surface area contributed by atoms with Gasteiger partial charge in [0.2, 0.25) is 0 Å². The first-order chi connectivity index (χ1) is 9.55. The minimum atomic E-state index is -0.872. The molecule has 0 aliphatic heterocycles. The molecule has 1 amide bonds. The van der Waals surface area contributed by atoms with Crippen LogP contribution in [0.15, 0.2) is 0 Å². The number of carbonyl (C=O) groups is 2. The number of hydrogen-bond donors (Lipinski definition) is 3. The maximum atomic E-state index is 11.7. The average molecular weight is 302 g/mol. The molecule has 0 saturated heterocycles. The number of carboxylic acid groups (broad SMARTS) is 1. The highest BCUT2D eigenvalue weighted by Gasteiger charge is 2.22. The first kappa shape index (κ1) is 19.7. The molecule has 0 aromatic heterocycles. The minimum absolute atomic E-state index is 0.0985. The van der Waals surface area contributed by atoms with E-state index in [4.69, 9.17) is 9.84 Å². The van der Waals surface area contributed by atoms with Crippen molar-refractivity contribution in [2.45, 2.75) is 72.1 Å². The Balaban J connectivity index is 4.49. The zero-order chi connectivity index (χ0) is 16.6. The lowest BCUT2D eigenvalue weighted by Crippen LogP contribution is -2.49. The molecular weight excluding hydrogens is 272 g/mol. The number of aliphatic carboxylic acids is 1. The van der Waals surface area contributed by atoms with Crippen molar-refractivity contribution >= 4 is 12.1 Å². The molecule has 0 radical (unpaired) electrons. The molecule has 2 atom stereocenters. The van der Waals surface area contributed by atoms with Gasteiger partial charge in [-0.3, -0.25) is 10.1 Å². The molecular formula is C15H30N2O4. The van der Waals surface area contributed by atoms with Crippen molar-refractivity contribution in [1.82, 2.24) is 10.6 Å². The molecule has 0 rings (SSSR count). The smallest absolute Gasteiger partial charge is 0.407 e. The minimum Gasteiger partial charge on any atom is -0.480 e. The molecule has 0 saturated carbocycles. The van der Waals surface area contributed by atoms with Gasteiger partial charge in [0.1, 0.15) is 11.6 Å². The van der Waals surface area contributed by atoms with Crippen LogP contribution in [0.4, 0.5) is 4.79 Å². The molecule has 0 heterocycles. The Labute approximate surface area is 127 Å². The number of alkyl carbamates (subject to hydrolysis) is 1. The fourth-order valence-electron chi connectivity index (χ4n) is 1.95. The summed E-state index contributed by atoms with van der Waals surface area (Å²) in [6.07, 6.45) is 0.789. The summed E-state index contributed by atoms with van der Waals surface area (Å²) in [5.41, 5.74) is -0.544. The molecule has 0 spiro atoms. The molecule has 3 N–H and O–H groups in total. The summed E-state index contributed by atoms with van der Waals surface area (Å²) >= 11 is 0. The molecule has 0 aliphatic carbocycles. The van der Waals surface area contributed by atoms with Crippen molar-refractivity contribution in [3.8, 4) is 0 Å². The Morgan fingerprint density at radius 1 is 1.24 bits per heavy atom. The predicted octanol–water partition coefficient (Wildman–Crippen LogP) is 2.38. The molecule has 0 bridgehead atoms. The van der Waals surface area contributed by atoms with E-state index < -0.39 is 23.7 Å². The fourth-order valence-corrected chi connectivity index (χ4v) is 1.95. The van der Waals surface area contributed by atoms with Crippen LogP contribution in [0.3, 0.4) is 0 Å². The summed E-state index contributed by atoms with van der Waals surface area (Å²) in [7, 11) is 0. The van der Waals surface area contributed by atoms with Gasteiger partial charge in [-0.1, -0.05) is 20.8 Å². The van der Waals surface area contributed by atoms with Crippen LogP contribution in [-0.4, -0.2) is 41.4 Å². The second kappa shape index (κ2) is 8.87. The third-order valence-corrected chi connectivity index (χ3v) is 2.79. The largest absolute Gasteiger partial charge is 0.480 e. The van der Waals surface area contributed by atoms with Gasteiger partial charge in [-0.15, -0.1) is 0 Å². The van der Waals surface area contributed by atoms with Crippen molar-refractivity contribution in [2.24, 2.45) is 5.92 Å². The van der Waals surface area contributed by atoms with E-state index in [2.05, 4.69) is 24.5 Å². The lowest BCUT2D eigenvalue weighted by atomic mass is 10.0. The standard InChI is InChI=1S/C15H30N2O4/c1-7-12(13(18)19)17-11(8-10(2)3)9-16-14(20)21-15(4,5)6/h10-12,17H,7-9H2,1-6H3,(H,16,20)(H,18,19). The number of ether oxygens (including phenoxy) is 1. The highest BCUT2D eigenvalue weighted by molar-refractivity contribution is 5.73. The Bertz CT molecular complexity index is 337. The number of hydrogen-bond acceptors (Lipinski definition) is 4. The normalized spacial score (nSPS) is 14.6. The maximum Gasteiger partial charge on any atom is 0.407 e. The molecule has 21 heavy (non-hydrogen) atoms. The molecule has 2 unspecified atom stereocenters. The average Bonchev–Trinajstić information content (AvgIpc) is 2.29. The zero-order valence-electron chi connectivity index (χ0n) is 14.0. The first-order valence-electron chi connectivity index (χ1n) is 7.50. The molecule has 0 aromatic rings. The van der Waals surface area contributed by atoms with Crippen LogP contribution in [0.2, 0.25) is 0 Å². The van der Waals surface area contributed by atoms with Crippen LogP contribution in [0.25, 0.3) is 0 Å². The summed E-state index contributed by atoms with van der Waals surface area (Å²) in [4.78, 5) is 22.8. The van der Waals surface area contributed by atoms with Crippen molar-refractivity contribution < 1.29 is 19.4 Å². The molecule has 0 aromatic carbocycles. The van der Waals surface area contributed by atoms with Crippen LogP contribution in [0.5, 0.6) is 0 Å². The SMILES string of the molecule is CCC(NC(CNC(=O)OC(C)(C)C)CC(C)C)C(=O)O. The molecule has 0 aliphatic rings. The van der Waals surface area contributed by atoms with Crippen molar-refractivity contribution in [3.63, 3.8) is 0 Å². The molecule has 6 heteroatoms. The first-order valence-corrected chi connectivity index (χ1v) is 7.50. The number of nitrogens with one attached hydrogen (secondary N) is 2. The van der Waals surface area contributed by atoms with Crippen molar-refractivity contribution in [3.05, 3.63) is 0 Å². The van der Waals surface area contributed by atoms with E-state index in [0.717, 1.165) is 6.42 Å². The number of rotatable bonds is 8. The van der Waals surface area contributed by atoms with Crippen LogP contribution in [0.1, 0.15) is 54.4 Å². The zero-order valence-corrected chi connectivity index (χ0v) is 14.0. The third kappa shape index (κ3) is 10.1. The van der Waals surface area contributed by atoms with E-state index in [1.54, 1.807) is 20.8 Å². The lowest BCUT2D eigenvalue weighted by Gasteiger charge is -2.25. The monoisotopic (exact) mass is 302 g/mol. The fraction of sp³-hybridized carbons (Fsp3) is 0.867.